The quantitative estimate of drug-likeness (QED) is 0.843. The average Bonchev–Trinajstić information content (AvgIpc) is 2.46. The van der Waals surface area contributed by atoms with Crippen LogP contribution in [0, 0.1) is 0 Å². The summed E-state index contributed by atoms with van der Waals surface area (Å²) in [4.78, 5) is 0. The molecule has 0 amide bonds. The summed E-state index contributed by atoms with van der Waals surface area (Å²) < 4.78 is 0. The van der Waals surface area contributed by atoms with E-state index in [2.05, 4.69) is 48.5 Å². The highest BCUT2D eigenvalue weighted by Crippen LogP contribution is 2.31. The van der Waals surface area contributed by atoms with Crippen molar-refractivity contribution in [3.63, 3.8) is 0 Å². The lowest BCUT2D eigenvalue weighted by atomic mass is 9.81. The van der Waals surface area contributed by atoms with Gasteiger partial charge in [-0.1, -0.05) is 60.7 Å². The summed E-state index contributed by atoms with van der Waals surface area (Å²) in [6.07, 6.45) is 0. The van der Waals surface area contributed by atoms with Crippen LogP contribution in [0.2, 0.25) is 0 Å². The molecule has 2 rings (SSSR count). The monoisotopic (exact) mass is 240 g/mol. The minimum Gasteiger partial charge on any atom is -0.330 e. The Kier molecular flexibility index (Phi) is 4.51. The fraction of sp³-hybridized carbons (Fsp3) is 0.250. The van der Waals surface area contributed by atoms with Gasteiger partial charge in [0, 0.05) is 11.8 Å². The van der Waals surface area contributed by atoms with Gasteiger partial charge in [0.2, 0.25) is 0 Å². The molecule has 0 bridgehead atoms. The van der Waals surface area contributed by atoms with Crippen LogP contribution < -0.4 is 11.5 Å². The summed E-state index contributed by atoms with van der Waals surface area (Å²) in [6, 6.07) is 20.8. The van der Waals surface area contributed by atoms with Gasteiger partial charge in [-0.2, -0.15) is 0 Å². The molecule has 0 aliphatic rings. The molecule has 2 heteroatoms. The van der Waals surface area contributed by atoms with Gasteiger partial charge >= 0.3 is 0 Å². The van der Waals surface area contributed by atoms with Crippen LogP contribution in [0.5, 0.6) is 0 Å². The predicted octanol–water partition coefficient (Wildman–Crippen LogP) is 2.47. The molecule has 94 valence electrons. The maximum absolute atomic E-state index is 5.96. The predicted molar refractivity (Wildman–Crippen MR) is 76.5 cm³/mol. The summed E-state index contributed by atoms with van der Waals surface area (Å²) in [6.45, 7) is 1.22. The molecule has 0 aliphatic heterocycles. The zero-order valence-corrected chi connectivity index (χ0v) is 10.5. The standard InChI is InChI=1S/C16H20N2/c17-11-15(13-7-3-1-4-8-13)16(12-18)14-9-5-2-6-10-14/h1-10,15-16H,11-12,17-18H2/t15-,16-/m0/s1. The number of nitrogens with two attached hydrogens (primary N) is 2. The zero-order valence-electron chi connectivity index (χ0n) is 10.5. The molecule has 18 heavy (non-hydrogen) atoms. The van der Waals surface area contributed by atoms with Gasteiger partial charge in [0.15, 0.2) is 0 Å². The molecule has 2 nitrogen and oxygen atoms in total. The van der Waals surface area contributed by atoms with Gasteiger partial charge in [0.25, 0.3) is 0 Å². The Morgan fingerprint density at radius 1 is 0.611 bits per heavy atom. The van der Waals surface area contributed by atoms with Crippen molar-refractivity contribution in [2.75, 3.05) is 13.1 Å². The molecule has 0 heterocycles. The number of hydrogen-bond acceptors (Lipinski definition) is 2. The molecule has 0 radical (unpaired) electrons. The highest BCUT2D eigenvalue weighted by Gasteiger charge is 2.21. The van der Waals surface area contributed by atoms with Crippen molar-refractivity contribution in [1.82, 2.24) is 0 Å². The first-order chi connectivity index (χ1) is 8.86. The Labute approximate surface area is 109 Å². The molecule has 2 aromatic carbocycles. The van der Waals surface area contributed by atoms with Crippen molar-refractivity contribution < 1.29 is 0 Å². The van der Waals surface area contributed by atoms with E-state index in [1.165, 1.54) is 11.1 Å². The molecule has 2 aromatic rings. The molecule has 0 spiro atoms. The van der Waals surface area contributed by atoms with E-state index in [9.17, 15) is 0 Å². The summed E-state index contributed by atoms with van der Waals surface area (Å²) in [5.74, 6) is 0.553. The first kappa shape index (κ1) is 12.8. The van der Waals surface area contributed by atoms with Gasteiger partial charge in [-0.05, 0) is 24.2 Å². The lowest BCUT2D eigenvalue weighted by molar-refractivity contribution is 0.553. The Morgan fingerprint density at radius 3 is 1.22 bits per heavy atom. The molecule has 0 aliphatic carbocycles. The van der Waals surface area contributed by atoms with Crippen LogP contribution in [0.15, 0.2) is 60.7 Å². The second kappa shape index (κ2) is 6.34. The third-order valence-corrected chi connectivity index (χ3v) is 3.45. The normalized spacial score (nSPS) is 14.1. The topological polar surface area (TPSA) is 52.0 Å². The summed E-state index contributed by atoms with van der Waals surface area (Å²) in [5, 5.41) is 0. The van der Waals surface area contributed by atoms with Crippen LogP contribution in [0.1, 0.15) is 23.0 Å². The molecule has 0 unspecified atom stereocenters. The molecule has 0 saturated carbocycles. The lowest BCUT2D eigenvalue weighted by Crippen LogP contribution is -2.26. The molecule has 2 atom stereocenters. The van der Waals surface area contributed by atoms with Gasteiger partial charge in [-0.25, -0.2) is 0 Å². The molecular formula is C16H20N2. The second-order valence-electron chi connectivity index (χ2n) is 4.51. The van der Waals surface area contributed by atoms with E-state index in [1.54, 1.807) is 0 Å². The second-order valence-corrected chi connectivity index (χ2v) is 4.51. The van der Waals surface area contributed by atoms with Crippen molar-refractivity contribution in [1.29, 1.82) is 0 Å². The smallest absolute Gasteiger partial charge is 0.00420 e. The maximum atomic E-state index is 5.96. The van der Waals surface area contributed by atoms with E-state index in [-0.39, 0.29) is 11.8 Å². The third kappa shape index (κ3) is 2.78. The Bertz CT molecular complexity index is 408. The first-order valence-corrected chi connectivity index (χ1v) is 6.37. The SMILES string of the molecule is NC[C@@H](c1ccccc1)[C@@H](CN)c1ccccc1. The highest BCUT2D eigenvalue weighted by molar-refractivity contribution is 5.29. The average molecular weight is 240 g/mol. The van der Waals surface area contributed by atoms with E-state index < -0.39 is 0 Å². The molecule has 0 saturated heterocycles. The fourth-order valence-electron chi connectivity index (χ4n) is 2.47. The van der Waals surface area contributed by atoms with Crippen molar-refractivity contribution in [3.8, 4) is 0 Å². The van der Waals surface area contributed by atoms with Crippen LogP contribution in [0.4, 0.5) is 0 Å². The van der Waals surface area contributed by atoms with Crippen LogP contribution in [-0.2, 0) is 0 Å². The van der Waals surface area contributed by atoms with E-state index in [0.29, 0.717) is 13.1 Å². The van der Waals surface area contributed by atoms with Gasteiger partial charge in [0.05, 0.1) is 0 Å². The maximum Gasteiger partial charge on any atom is 0.00420 e. The van der Waals surface area contributed by atoms with E-state index >= 15 is 0 Å². The summed E-state index contributed by atoms with van der Waals surface area (Å²) >= 11 is 0. The van der Waals surface area contributed by atoms with E-state index in [4.69, 9.17) is 11.5 Å². The minimum absolute atomic E-state index is 0.276. The van der Waals surface area contributed by atoms with Crippen LogP contribution >= 0.6 is 0 Å². The van der Waals surface area contributed by atoms with Crippen LogP contribution in [0.3, 0.4) is 0 Å². The lowest BCUT2D eigenvalue weighted by Gasteiger charge is -2.25. The van der Waals surface area contributed by atoms with Gasteiger partial charge < -0.3 is 11.5 Å². The van der Waals surface area contributed by atoms with Gasteiger partial charge in [-0.3, -0.25) is 0 Å². The number of benzene rings is 2. The van der Waals surface area contributed by atoms with Crippen molar-refractivity contribution >= 4 is 0 Å². The van der Waals surface area contributed by atoms with E-state index in [0.717, 1.165) is 0 Å². The van der Waals surface area contributed by atoms with Crippen LogP contribution in [-0.4, -0.2) is 13.1 Å². The number of rotatable bonds is 5. The molecular weight excluding hydrogens is 220 g/mol. The Balaban J connectivity index is 2.31. The summed E-state index contributed by atoms with van der Waals surface area (Å²) in [7, 11) is 0. The van der Waals surface area contributed by atoms with Crippen LogP contribution in [0.25, 0.3) is 0 Å². The largest absolute Gasteiger partial charge is 0.330 e. The van der Waals surface area contributed by atoms with Crippen molar-refractivity contribution in [2.24, 2.45) is 11.5 Å². The Morgan fingerprint density at radius 2 is 0.944 bits per heavy atom. The minimum atomic E-state index is 0.276. The zero-order chi connectivity index (χ0) is 12.8. The summed E-state index contributed by atoms with van der Waals surface area (Å²) in [5.41, 5.74) is 14.5. The third-order valence-electron chi connectivity index (χ3n) is 3.45. The highest BCUT2D eigenvalue weighted by atomic mass is 14.6. The van der Waals surface area contributed by atoms with Crippen molar-refractivity contribution in [2.45, 2.75) is 11.8 Å². The first-order valence-electron chi connectivity index (χ1n) is 6.37. The van der Waals surface area contributed by atoms with Gasteiger partial charge in [-0.15, -0.1) is 0 Å². The number of hydrogen-bond donors (Lipinski definition) is 2. The van der Waals surface area contributed by atoms with Crippen molar-refractivity contribution in [3.05, 3.63) is 71.8 Å². The molecule has 0 aromatic heterocycles. The van der Waals surface area contributed by atoms with E-state index in [1.807, 2.05) is 12.1 Å². The fourth-order valence-corrected chi connectivity index (χ4v) is 2.47. The molecule has 0 fully saturated rings. The molecule has 4 N–H and O–H groups in total. The van der Waals surface area contributed by atoms with Gasteiger partial charge in [0.1, 0.15) is 0 Å². The Hall–Kier alpha value is -1.64.